The number of ether oxygens (including phenoxy) is 4. The first-order valence-electron chi connectivity index (χ1n) is 13.4. The summed E-state index contributed by atoms with van der Waals surface area (Å²) in [7, 11) is 0. The van der Waals surface area contributed by atoms with E-state index in [1.54, 1.807) is 6.20 Å². The normalized spacial score (nSPS) is 25.1. The number of aromatic nitrogens is 2. The van der Waals surface area contributed by atoms with Crippen LogP contribution in [0, 0.1) is 5.92 Å². The predicted octanol–water partition coefficient (Wildman–Crippen LogP) is 1.84. The average molecular weight is 533 g/mol. The molecular weight excluding hydrogens is 500 g/mol. The SMILES string of the molecule is O=C1NC(=O)C2=C1C1=CN(CCOCCOCCOCCOCCn3cc2c2cccnc23)C2C=CC=CC12. The van der Waals surface area contributed by atoms with Gasteiger partial charge >= 0.3 is 0 Å². The van der Waals surface area contributed by atoms with Crippen molar-refractivity contribution in [2.24, 2.45) is 5.92 Å². The molecule has 0 aromatic carbocycles. The van der Waals surface area contributed by atoms with Crippen molar-refractivity contribution >= 4 is 28.4 Å². The number of allylic oxidation sites excluding steroid dienone is 2. The summed E-state index contributed by atoms with van der Waals surface area (Å²) < 4.78 is 24.7. The standard InChI is InChI=1S/C29H32N4O6/c34-28-25-22-18-32(24-6-2-1-4-20(22)24)8-10-36-12-14-38-16-17-39-15-13-37-11-9-33-19-23(26(25)29(35)31-28)21-5-3-7-30-27(21)33/h1-7,18-20,24H,8-17H2,(H,31,34,35). The molecule has 4 bridgehead atoms. The van der Waals surface area contributed by atoms with Crippen LogP contribution in [0.1, 0.15) is 5.56 Å². The van der Waals surface area contributed by atoms with Gasteiger partial charge in [0.05, 0.1) is 70.0 Å². The fourth-order valence-corrected chi connectivity index (χ4v) is 5.57. The van der Waals surface area contributed by atoms with Crippen molar-refractivity contribution in [3.63, 3.8) is 0 Å². The lowest BCUT2D eigenvalue weighted by atomic mass is 9.84. The summed E-state index contributed by atoms with van der Waals surface area (Å²) in [5, 5.41) is 3.37. The Morgan fingerprint density at radius 1 is 0.821 bits per heavy atom. The third-order valence-corrected chi connectivity index (χ3v) is 7.36. The second-order valence-corrected chi connectivity index (χ2v) is 9.70. The first-order chi connectivity index (χ1) is 19.2. The number of imide groups is 1. The van der Waals surface area contributed by atoms with Crippen LogP contribution in [0.4, 0.5) is 0 Å². The molecule has 2 unspecified atom stereocenters. The number of rotatable bonds is 0. The summed E-state index contributed by atoms with van der Waals surface area (Å²) in [6.07, 6.45) is 13.9. The summed E-state index contributed by atoms with van der Waals surface area (Å²) in [4.78, 5) is 33.4. The van der Waals surface area contributed by atoms with E-state index in [9.17, 15) is 9.59 Å². The van der Waals surface area contributed by atoms with Crippen LogP contribution >= 0.6 is 0 Å². The summed E-state index contributed by atoms with van der Waals surface area (Å²) >= 11 is 0. The molecule has 6 rings (SSSR count). The number of hydrogen-bond acceptors (Lipinski definition) is 8. The van der Waals surface area contributed by atoms with E-state index in [0.717, 1.165) is 16.6 Å². The number of fused-ring (bicyclic) bond motifs is 11. The van der Waals surface area contributed by atoms with Gasteiger partial charge in [-0.15, -0.1) is 0 Å². The van der Waals surface area contributed by atoms with Gasteiger partial charge in [0.1, 0.15) is 5.65 Å². The lowest BCUT2D eigenvalue weighted by Gasteiger charge is -2.28. The minimum Gasteiger partial charge on any atom is -0.377 e. The number of carbonyl (C=O) groups is 2. The van der Waals surface area contributed by atoms with E-state index in [-0.39, 0.29) is 17.9 Å². The van der Waals surface area contributed by atoms with E-state index >= 15 is 0 Å². The van der Waals surface area contributed by atoms with Crippen LogP contribution in [0.15, 0.2) is 66.2 Å². The first-order valence-corrected chi connectivity index (χ1v) is 13.4. The quantitative estimate of drug-likeness (QED) is 0.513. The highest BCUT2D eigenvalue weighted by molar-refractivity contribution is 6.38. The van der Waals surface area contributed by atoms with Crippen LogP contribution in [-0.2, 0) is 35.1 Å². The van der Waals surface area contributed by atoms with Gasteiger partial charge in [0.15, 0.2) is 0 Å². The van der Waals surface area contributed by atoms with Crippen molar-refractivity contribution in [1.82, 2.24) is 19.8 Å². The van der Waals surface area contributed by atoms with Crippen LogP contribution in [0.5, 0.6) is 0 Å². The van der Waals surface area contributed by atoms with E-state index in [2.05, 4.69) is 27.4 Å². The Kier molecular flexibility index (Phi) is 7.69. The Labute approximate surface area is 226 Å². The molecule has 10 heteroatoms. The van der Waals surface area contributed by atoms with Gasteiger partial charge in [0, 0.05) is 48.6 Å². The molecule has 1 aliphatic carbocycles. The van der Waals surface area contributed by atoms with Gasteiger partial charge in [0.25, 0.3) is 11.8 Å². The van der Waals surface area contributed by atoms with Crippen LogP contribution in [0.25, 0.3) is 16.6 Å². The molecule has 10 nitrogen and oxygen atoms in total. The average Bonchev–Trinajstić information content (AvgIpc) is 3.58. The van der Waals surface area contributed by atoms with Crippen LogP contribution < -0.4 is 5.32 Å². The summed E-state index contributed by atoms with van der Waals surface area (Å²) in [5.41, 5.74) is 3.06. The summed E-state index contributed by atoms with van der Waals surface area (Å²) in [6.45, 7) is 5.08. The Morgan fingerprint density at radius 2 is 1.49 bits per heavy atom. The maximum atomic E-state index is 13.3. The van der Waals surface area contributed by atoms with E-state index in [1.165, 1.54) is 0 Å². The highest BCUT2D eigenvalue weighted by Crippen LogP contribution is 2.42. The molecule has 2 aromatic rings. The number of nitrogens with one attached hydrogen (secondary N) is 1. The lowest BCUT2D eigenvalue weighted by Crippen LogP contribution is -2.33. The third kappa shape index (κ3) is 5.20. The summed E-state index contributed by atoms with van der Waals surface area (Å²) in [6, 6.07) is 3.82. The zero-order valence-corrected chi connectivity index (χ0v) is 21.7. The van der Waals surface area contributed by atoms with Crippen molar-refractivity contribution in [2.45, 2.75) is 12.6 Å². The van der Waals surface area contributed by atoms with Gasteiger partial charge in [0.2, 0.25) is 0 Å². The second kappa shape index (κ2) is 11.7. The molecule has 3 aliphatic heterocycles. The van der Waals surface area contributed by atoms with Crippen LogP contribution in [0.3, 0.4) is 0 Å². The molecule has 0 saturated heterocycles. The van der Waals surface area contributed by atoms with Gasteiger partial charge in [-0.25, -0.2) is 4.98 Å². The zero-order valence-electron chi connectivity index (χ0n) is 21.7. The van der Waals surface area contributed by atoms with Crippen molar-refractivity contribution in [1.29, 1.82) is 0 Å². The zero-order chi connectivity index (χ0) is 26.6. The third-order valence-electron chi connectivity index (χ3n) is 7.36. The van der Waals surface area contributed by atoms with E-state index in [0.29, 0.717) is 82.7 Å². The highest BCUT2D eigenvalue weighted by atomic mass is 16.6. The van der Waals surface area contributed by atoms with Crippen LogP contribution in [0.2, 0.25) is 0 Å². The maximum absolute atomic E-state index is 13.3. The molecule has 0 saturated carbocycles. The first kappa shape index (κ1) is 25.7. The minimum atomic E-state index is -0.393. The molecule has 1 N–H and O–H groups in total. The largest absolute Gasteiger partial charge is 0.377 e. The van der Waals surface area contributed by atoms with Crippen molar-refractivity contribution < 1.29 is 28.5 Å². The van der Waals surface area contributed by atoms with Crippen molar-refractivity contribution in [2.75, 3.05) is 59.4 Å². The lowest BCUT2D eigenvalue weighted by molar-refractivity contribution is -0.123. The van der Waals surface area contributed by atoms with Crippen molar-refractivity contribution in [3.05, 3.63) is 71.7 Å². The Bertz CT molecular complexity index is 1370. The van der Waals surface area contributed by atoms with Gasteiger partial charge in [-0.05, 0) is 17.7 Å². The molecule has 0 radical (unpaired) electrons. The molecule has 2 amide bonds. The van der Waals surface area contributed by atoms with Gasteiger partial charge in [-0.1, -0.05) is 24.3 Å². The molecule has 204 valence electrons. The van der Waals surface area contributed by atoms with E-state index in [1.807, 2.05) is 41.2 Å². The second-order valence-electron chi connectivity index (χ2n) is 9.70. The maximum Gasteiger partial charge on any atom is 0.259 e. The molecule has 0 spiro atoms. The van der Waals surface area contributed by atoms with E-state index < -0.39 is 5.91 Å². The van der Waals surface area contributed by atoms with Gasteiger partial charge < -0.3 is 28.4 Å². The molecule has 4 aliphatic rings. The number of pyridine rings is 1. The number of carbonyl (C=O) groups excluding carboxylic acids is 2. The molecule has 2 aromatic heterocycles. The van der Waals surface area contributed by atoms with Gasteiger partial charge in [-0.2, -0.15) is 0 Å². The van der Waals surface area contributed by atoms with Crippen LogP contribution in [-0.4, -0.2) is 91.7 Å². The minimum absolute atomic E-state index is 0.0426. The number of hydrogen-bond donors (Lipinski definition) is 1. The molecule has 0 fully saturated rings. The van der Waals surface area contributed by atoms with Gasteiger partial charge in [-0.3, -0.25) is 14.9 Å². The fourth-order valence-electron chi connectivity index (χ4n) is 5.57. The number of amides is 2. The Morgan fingerprint density at radius 3 is 2.26 bits per heavy atom. The van der Waals surface area contributed by atoms with E-state index in [4.69, 9.17) is 18.9 Å². The molecule has 2 atom stereocenters. The highest BCUT2D eigenvalue weighted by Gasteiger charge is 2.42. The van der Waals surface area contributed by atoms with Crippen molar-refractivity contribution in [3.8, 4) is 0 Å². The Balaban J connectivity index is 1.40. The predicted molar refractivity (Wildman–Crippen MR) is 143 cm³/mol. The topological polar surface area (TPSA) is 104 Å². The molecule has 5 heterocycles. The Hall–Kier alpha value is -3.57. The number of nitrogens with zero attached hydrogens (tertiary/aromatic N) is 3. The smallest absolute Gasteiger partial charge is 0.259 e. The fraction of sp³-hybridized carbons (Fsp3) is 0.414. The monoisotopic (exact) mass is 532 g/mol. The summed E-state index contributed by atoms with van der Waals surface area (Å²) in [5.74, 6) is -0.822. The molecular formula is C29H32N4O6. The molecule has 39 heavy (non-hydrogen) atoms.